The van der Waals surface area contributed by atoms with Crippen LogP contribution in [0.1, 0.15) is 11.7 Å². The largest absolute Gasteiger partial charge is 0.392 e. The van der Waals surface area contributed by atoms with Crippen LogP contribution >= 0.6 is 0 Å². The first kappa shape index (κ1) is 12.9. The van der Waals surface area contributed by atoms with Gasteiger partial charge in [-0.2, -0.15) is 0 Å². The third-order valence-electron chi connectivity index (χ3n) is 3.53. The van der Waals surface area contributed by atoms with E-state index in [9.17, 15) is 5.11 Å². The van der Waals surface area contributed by atoms with E-state index < -0.39 is 6.10 Å². The van der Waals surface area contributed by atoms with Crippen LogP contribution in [0.2, 0.25) is 0 Å². The number of fused-ring (bicyclic) bond motifs is 2. The van der Waals surface area contributed by atoms with Crippen LogP contribution in [0.3, 0.4) is 0 Å². The third kappa shape index (κ3) is 2.20. The molecule has 0 aliphatic heterocycles. The highest BCUT2D eigenvalue weighted by molar-refractivity contribution is 6.02. The Balaban J connectivity index is 2.36. The van der Waals surface area contributed by atoms with Crippen LogP contribution < -0.4 is 0 Å². The van der Waals surface area contributed by atoms with Crippen molar-refractivity contribution in [2.45, 2.75) is 6.10 Å². The first-order valence-electron chi connectivity index (χ1n) is 6.67. The minimum Gasteiger partial charge on any atom is -0.392 e. The predicted molar refractivity (Wildman–Crippen MR) is 82.6 cm³/mol. The molecule has 100 valence electrons. The second-order valence-electron chi connectivity index (χ2n) is 4.79. The topological polar surface area (TPSA) is 40.5 Å². The van der Waals surface area contributed by atoms with E-state index >= 15 is 0 Å². The maximum absolute atomic E-state index is 10.4. The molecule has 0 spiro atoms. The maximum Gasteiger partial charge on any atom is 0.0984 e. The number of benzene rings is 3. The first-order valence-corrected chi connectivity index (χ1v) is 6.67. The van der Waals surface area contributed by atoms with Crippen molar-refractivity contribution >= 4 is 21.5 Å². The van der Waals surface area contributed by atoms with E-state index in [1.807, 2.05) is 48.5 Å². The van der Waals surface area contributed by atoms with E-state index in [1.54, 1.807) is 12.2 Å². The molecule has 0 amide bonds. The standard InChI is InChI=1S/C18H16O2/c19-11-5-10-17(20)18-15-8-3-1-6-13(15)12-14-7-2-4-9-16(14)18/h1-10,12,17,19-20H,11H2/b10-5-. The molecule has 2 nitrogen and oxygen atoms in total. The van der Waals surface area contributed by atoms with Crippen LogP contribution in [0.25, 0.3) is 21.5 Å². The Morgan fingerprint density at radius 1 is 0.900 bits per heavy atom. The van der Waals surface area contributed by atoms with Crippen molar-refractivity contribution in [1.29, 1.82) is 0 Å². The van der Waals surface area contributed by atoms with Crippen molar-refractivity contribution in [2.75, 3.05) is 6.61 Å². The molecule has 0 fully saturated rings. The second kappa shape index (κ2) is 5.45. The molecule has 0 bridgehead atoms. The van der Waals surface area contributed by atoms with Gasteiger partial charge in [0.1, 0.15) is 0 Å². The summed E-state index contributed by atoms with van der Waals surface area (Å²) in [6.45, 7) is -0.0697. The fourth-order valence-corrected chi connectivity index (χ4v) is 2.65. The molecule has 0 aliphatic rings. The Hall–Kier alpha value is -2.16. The van der Waals surface area contributed by atoms with Gasteiger partial charge in [0.05, 0.1) is 12.7 Å². The van der Waals surface area contributed by atoms with Gasteiger partial charge >= 0.3 is 0 Å². The Morgan fingerprint density at radius 3 is 2.00 bits per heavy atom. The number of aliphatic hydroxyl groups is 2. The number of rotatable bonds is 3. The molecule has 1 unspecified atom stereocenters. The lowest BCUT2D eigenvalue weighted by Crippen LogP contribution is -1.97. The van der Waals surface area contributed by atoms with Crippen LogP contribution in [0.15, 0.2) is 66.7 Å². The van der Waals surface area contributed by atoms with Gasteiger partial charge in [-0.15, -0.1) is 0 Å². The molecule has 3 aromatic carbocycles. The SMILES string of the molecule is OC/C=C\C(O)c1c2ccccc2cc2ccccc12. The average Bonchev–Trinajstić information content (AvgIpc) is 2.50. The van der Waals surface area contributed by atoms with Crippen LogP contribution in [-0.4, -0.2) is 16.8 Å². The smallest absolute Gasteiger partial charge is 0.0984 e. The zero-order chi connectivity index (χ0) is 13.9. The van der Waals surface area contributed by atoms with Gasteiger partial charge in [0, 0.05) is 0 Å². The van der Waals surface area contributed by atoms with Gasteiger partial charge in [-0.05, 0) is 33.2 Å². The summed E-state index contributed by atoms with van der Waals surface area (Å²) in [5.41, 5.74) is 0.892. The summed E-state index contributed by atoms with van der Waals surface area (Å²) in [5.74, 6) is 0. The highest BCUT2D eigenvalue weighted by Crippen LogP contribution is 2.33. The molecular weight excluding hydrogens is 248 g/mol. The van der Waals surface area contributed by atoms with Crippen molar-refractivity contribution in [3.63, 3.8) is 0 Å². The van der Waals surface area contributed by atoms with E-state index in [0.717, 1.165) is 27.1 Å². The van der Waals surface area contributed by atoms with E-state index in [4.69, 9.17) is 5.11 Å². The van der Waals surface area contributed by atoms with Crippen LogP contribution in [0.4, 0.5) is 0 Å². The summed E-state index contributed by atoms with van der Waals surface area (Å²) in [6, 6.07) is 18.2. The fraction of sp³-hybridized carbons (Fsp3) is 0.111. The Morgan fingerprint density at radius 2 is 1.45 bits per heavy atom. The fourth-order valence-electron chi connectivity index (χ4n) is 2.65. The van der Waals surface area contributed by atoms with Crippen molar-refractivity contribution in [3.05, 3.63) is 72.3 Å². The predicted octanol–water partition coefficient (Wildman–Crippen LogP) is 3.57. The van der Waals surface area contributed by atoms with Gasteiger partial charge in [0.25, 0.3) is 0 Å². The molecule has 0 saturated carbocycles. The Labute approximate surface area is 117 Å². The normalized spacial score (nSPS) is 13.3. The van der Waals surface area contributed by atoms with Crippen molar-refractivity contribution < 1.29 is 10.2 Å². The maximum atomic E-state index is 10.4. The van der Waals surface area contributed by atoms with Gasteiger partial charge in [0.2, 0.25) is 0 Å². The minimum atomic E-state index is -0.724. The molecule has 1 atom stereocenters. The molecule has 3 rings (SSSR count). The van der Waals surface area contributed by atoms with Gasteiger partial charge in [-0.3, -0.25) is 0 Å². The minimum absolute atomic E-state index is 0.0697. The van der Waals surface area contributed by atoms with Crippen molar-refractivity contribution in [1.82, 2.24) is 0 Å². The van der Waals surface area contributed by atoms with E-state index in [2.05, 4.69) is 6.07 Å². The second-order valence-corrected chi connectivity index (χ2v) is 4.79. The Bertz CT molecular complexity index is 721. The summed E-state index contributed by atoms with van der Waals surface area (Å²) in [4.78, 5) is 0. The van der Waals surface area contributed by atoms with Gasteiger partial charge in [-0.1, -0.05) is 60.7 Å². The van der Waals surface area contributed by atoms with E-state index in [-0.39, 0.29) is 6.61 Å². The molecule has 3 aromatic rings. The molecule has 0 saturated heterocycles. The zero-order valence-corrected chi connectivity index (χ0v) is 11.0. The number of hydrogen-bond acceptors (Lipinski definition) is 2. The van der Waals surface area contributed by atoms with Gasteiger partial charge in [-0.25, -0.2) is 0 Å². The molecule has 20 heavy (non-hydrogen) atoms. The molecule has 0 heterocycles. The highest BCUT2D eigenvalue weighted by atomic mass is 16.3. The summed E-state index contributed by atoms with van der Waals surface area (Å²) < 4.78 is 0. The molecule has 0 radical (unpaired) electrons. The van der Waals surface area contributed by atoms with Crippen molar-refractivity contribution in [2.24, 2.45) is 0 Å². The lowest BCUT2D eigenvalue weighted by Gasteiger charge is -2.14. The summed E-state index contributed by atoms with van der Waals surface area (Å²) in [6.07, 6.45) is 2.48. The number of hydrogen-bond donors (Lipinski definition) is 2. The quantitative estimate of drug-likeness (QED) is 0.561. The summed E-state index contributed by atoms with van der Waals surface area (Å²) >= 11 is 0. The van der Waals surface area contributed by atoms with Crippen LogP contribution in [-0.2, 0) is 0 Å². The lowest BCUT2D eigenvalue weighted by atomic mass is 9.93. The molecule has 2 heteroatoms. The lowest BCUT2D eigenvalue weighted by molar-refractivity contribution is 0.230. The van der Waals surface area contributed by atoms with Crippen molar-refractivity contribution in [3.8, 4) is 0 Å². The zero-order valence-electron chi connectivity index (χ0n) is 11.0. The van der Waals surface area contributed by atoms with Crippen LogP contribution in [0, 0.1) is 0 Å². The highest BCUT2D eigenvalue weighted by Gasteiger charge is 2.12. The molecule has 0 aliphatic carbocycles. The van der Waals surface area contributed by atoms with Gasteiger partial charge < -0.3 is 10.2 Å². The average molecular weight is 264 g/mol. The van der Waals surface area contributed by atoms with Gasteiger partial charge in [0.15, 0.2) is 0 Å². The summed E-state index contributed by atoms with van der Waals surface area (Å²) in [7, 11) is 0. The molecule has 2 N–H and O–H groups in total. The monoisotopic (exact) mass is 264 g/mol. The van der Waals surface area contributed by atoms with E-state index in [1.165, 1.54) is 0 Å². The molecule has 0 aromatic heterocycles. The third-order valence-corrected chi connectivity index (χ3v) is 3.53. The number of aliphatic hydroxyl groups excluding tert-OH is 2. The van der Waals surface area contributed by atoms with Crippen LogP contribution in [0.5, 0.6) is 0 Å². The summed E-state index contributed by atoms with van der Waals surface area (Å²) in [5, 5.41) is 23.6. The van der Waals surface area contributed by atoms with E-state index in [0.29, 0.717) is 0 Å². The Kier molecular flexibility index (Phi) is 3.50. The molecular formula is C18H16O2. The first-order chi connectivity index (χ1) is 9.81.